The fourth-order valence-electron chi connectivity index (χ4n) is 4.95. The van der Waals surface area contributed by atoms with E-state index in [2.05, 4.69) is 11.9 Å². The molecule has 15 heteroatoms. The largest absolute Gasteiger partial charge is 0.474 e. The smallest absolute Gasteiger partial charge is 0.394 e. The quantitative estimate of drug-likeness (QED) is 0.138. The molecule has 2 aliphatic heterocycles. The van der Waals surface area contributed by atoms with Gasteiger partial charge in [0.15, 0.2) is 6.29 Å². The molecule has 0 spiro atoms. The summed E-state index contributed by atoms with van der Waals surface area (Å²) >= 11 is 0. The fraction of sp³-hybridized carbons (Fsp3) is 0.852. The highest BCUT2D eigenvalue weighted by atomic mass is 31.2. The predicted molar refractivity (Wildman–Crippen MR) is 150 cm³/mol. The summed E-state index contributed by atoms with van der Waals surface area (Å²) in [5.74, 6) is 0. The molecule has 0 aliphatic carbocycles. The molecule has 1 aromatic heterocycles. The summed E-state index contributed by atoms with van der Waals surface area (Å²) in [6, 6.07) is 1.63. The first-order chi connectivity index (χ1) is 20.1. The van der Waals surface area contributed by atoms with Crippen molar-refractivity contribution in [3.63, 3.8) is 0 Å². The minimum absolute atomic E-state index is 0.0364. The monoisotopic (exact) mass is 622 g/mol. The maximum atomic E-state index is 13.3. The molecule has 2 aliphatic rings. The van der Waals surface area contributed by atoms with Crippen molar-refractivity contribution in [3.8, 4) is 0 Å². The van der Waals surface area contributed by atoms with Gasteiger partial charge in [0.05, 0.1) is 13.2 Å². The lowest BCUT2D eigenvalue weighted by molar-refractivity contribution is -0.300. The van der Waals surface area contributed by atoms with Crippen molar-refractivity contribution in [2.24, 2.45) is 0 Å². The number of hydrogen-bond acceptors (Lipinski definition) is 13. The molecule has 0 bridgehead atoms. The molecule has 0 aromatic carbocycles. The number of unbranched alkanes of at least 4 members (excludes halogenated alkanes) is 7. The van der Waals surface area contributed by atoms with Crippen LogP contribution in [0, 0.1) is 6.92 Å². The molecule has 4 N–H and O–H groups in total. The Labute approximate surface area is 246 Å². The second-order valence-corrected chi connectivity index (χ2v) is 12.5. The molecule has 42 heavy (non-hydrogen) atoms. The molecule has 1 aromatic rings. The Kier molecular flexibility index (Phi) is 14.5. The van der Waals surface area contributed by atoms with Gasteiger partial charge < -0.3 is 34.6 Å². The van der Waals surface area contributed by atoms with E-state index in [9.17, 15) is 29.8 Å². The first-order valence-electron chi connectivity index (χ1n) is 14.7. The second kappa shape index (κ2) is 17.3. The summed E-state index contributed by atoms with van der Waals surface area (Å²) in [5.41, 5.74) is -0.0181. The van der Waals surface area contributed by atoms with Gasteiger partial charge in [0.25, 0.3) is 0 Å². The average Bonchev–Trinajstić information content (AvgIpc) is 3.37. The van der Waals surface area contributed by atoms with Crippen LogP contribution in [0.25, 0.3) is 0 Å². The number of ether oxygens (including phenoxy) is 3. The van der Waals surface area contributed by atoms with Gasteiger partial charge in [-0.3, -0.25) is 18.1 Å². The van der Waals surface area contributed by atoms with E-state index in [1.807, 2.05) is 0 Å². The summed E-state index contributed by atoms with van der Waals surface area (Å²) in [4.78, 5) is 16.2. The fourth-order valence-corrected chi connectivity index (χ4v) is 6.08. The third-order valence-electron chi connectivity index (χ3n) is 7.47. The van der Waals surface area contributed by atoms with Crippen molar-refractivity contribution >= 4 is 7.82 Å². The van der Waals surface area contributed by atoms with Gasteiger partial charge in [-0.2, -0.15) is 4.98 Å². The molecule has 242 valence electrons. The number of phosphoric acid groups is 1. The Balaban J connectivity index is 1.51. The summed E-state index contributed by atoms with van der Waals surface area (Å²) in [5, 5.41) is 41.0. The number of nitrogens with zero attached hydrogens (tertiary/aromatic N) is 2. The van der Waals surface area contributed by atoms with E-state index in [0.717, 1.165) is 32.8 Å². The predicted octanol–water partition coefficient (Wildman–Crippen LogP) is 1.95. The van der Waals surface area contributed by atoms with Crippen LogP contribution < -0.4 is 5.69 Å². The van der Waals surface area contributed by atoms with E-state index >= 15 is 0 Å². The van der Waals surface area contributed by atoms with Gasteiger partial charge in [0.2, 0.25) is 0 Å². The maximum absolute atomic E-state index is 13.3. The molecule has 0 amide bonds. The van der Waals surface area contributed by atoms with Gasteiger partial charge in [0.1, 0.15) is 42.9 Å². The molecule has 1 unspecified atom stereocenters. The summed E-state index contributed by atoms with van der Waals surface area (Å²) < 4.78 is 47.6. The van der Waals surface area contributed by atoms with Crippen LogP contribution in [0.3, 0.4) is 0 Å². The average molecular weight is 623 g/mol. The number of rotatable bonds is 18. The van der Waals surface area contributed by atoms with Crippen LogP contribution >= 0.6 is 7.82 Å². The van der Waals surface area contributed by atoms with Gasteiger partial charge in [0, 0.05) is 32.0 Å². The lowest BCUT2D eigenvalue weighted by Gasteiger charge is -2.40. The molecule has 2 saturated heterocycles. The first kappa shape index (κ1) is 35.2. The molecular weight excluding hydrogens is 575 g/mol. The van der Waals surface area contributed by atoms with Crippen molar-refractivity contribution in [2.45, 2.75) is 121 Å². The molecule has 3 rings (SSSR count). The molecule has 0 saturated carbocycles. The lowest BCUT2D eigenvalue weighted by atomic mass is 9.99. The Morgan fingerprint density at radius 2 is 1.71 bits per heavy atom. The molecule has 2 fully saturated rings. The standard InChI is InChI=1S/C27H47N2O12P/c1-4-5-6-7-8-9-10-11-14-37-26-25(33)24(32)23(31)21(40-26)17-38-42(35,36-3)41-19-15-22(39-20(19)16-30)29-13-12-18(2)28-27(29)34/h12-13,19-26,30-33H,4-11,14-17H2,1-3H3/t19-,20+,21+,22+,23+,24-,25+,26+,42?/m0/s1. The molecule has 0 radical (unpaired) electrons. The van der Waals surface area contributed by atoms with Crippen molar-refractivity contribution in [1.82, 2.24) is 9.55 Å². The highest BCUT2D eigenvalue weighted by molar-refractivity contribution is 7.48. The van der Waals surface area contributed by atoms with Gasteiger partial charge in [-0.1, -0.05) is 51.9 Å². The van der Waals surface area contributed by atoms with E-state index in [1.54, 1.807) is 13.0 Å². The van der Waals surface area contributed by atoms with E-state index in [4.69, 9.17) is 27.8 Å². The van der Waals surface area contributed by atoms with Gasteiger partial charge >= 0.3 is 13.5 Å². The summed E-state index contributed by atoms with van der Waals surface area (Å²) in [7, 11) is -3.20. The highest BCUT2D eigenvalue weighted by Crippen LogP contribution is 2.52. The molecular formula is C27H47N2O12P. The third-order valence-corrected chi connectivity index (χ3v) is 8.91. The van der Waals surface area contributed by atoms with Crippen LogP contribution in [0.5, 0.6) is 0 Å². The number of aryl methyl sites for hydroxylation is 1. The van der Waals surface area contributed by atoms with E-state index < -0.39 is 75.9 Å². The zero-order valence-corrected chi connectivity index (χ0v) is 25.5. The second-order valence-electron chi connectivity index (χ2n) is 10.7. The number of aromatic nitrogens is 2. The first-order valence-corrected chi connectivity index (χ1v) is 16.2. The number of aliphatic hydroxyl groups is 4. The zero-order valence-electron chi connectivity index (χ0n) is 24.7. The molecule has 3 heterocycles. The topological polar surface area (TPSA) is 188 Å². The zero-order chi connectivity index (χ0) is 30.7. The Morgan fingerprint density at radius 1 is 1.02 bits per heavy atom. The van der Waals surface area contributed by atoms with Gasteiger partial charge in [-0.05, 0) is 19.4 Å². The summed E-state index contributed by atoms with van der Waals surface area (Å²) in [6.07, 6.45) is 0.502. The minimum Gasteiger partial charge on any atom is -0.394 e. The van der Waals surface area contributed by atoms with Crippen molar-refractivity contribution in [2.75, 3.05) is 26.9 Å². The van der Waals surface area contributed by atoms with Crippen LogP contribution in [0.15, 0.2) is 17.1 Å². The molecule has 9 atom stereocenters. The van der Waals surface area contributed by atoms with Crippen molar-refractivity contribution in [3.05, 3.63) is 28.4 Å². The maximum Gasteiger partial charge on any atom is 0.474 e. The van der Waals surface area contributed by atoms with Crippen LogP contribution in [-0.2, 0) is 32.3 Å². The van der Waals surface area contributed by atoms with Gasteiger partial charge in [-0.15, -0.1) is 0 Å². The third kappa shape index (κ3) is 9.86. The highest BCUT2D eigenvalue weighted by Gasteiger charge is 2.47. The summed E-state index contributed by atoms with van der Waals surface area (Å²) in [6.45, 7) is 3.12. The van der Waals surface area contributed by atoms with Gasteiger partial charge in [-0.25, -0.2) is 9.36 Å². The number of aliphatic hydroxyl groups excluding tert-OH is 4. The van der Waals surface area contributed by atoms with Crippen molar-refractivity contribution in [1.29, 1.82) is 0 Å². The Morgan fingerprint density at radius 3 is 2.36 bits per heavy atom. The lowest BCUT2D eigenvalue weighted by Crippen LogP contribution is -2.59. The van der Waals surface area contributed by atoms with Crippen LogP contribution in [0.2, 0.25) is 0 Å². The van der Waals surface area contributed by atoms with E-state index in [0.29, 0.717) is 5.69 Å². The Hall–Kier alpha value is -1.29. The normalized spacial score (nSPS) is 31.3. The van der Waals surface area contributed by atoms with E-state index in [-0.39, 0.29) is 13.0 Å². The van der Waals surface area contributed by atoms with Crippen molar-refractivity contribution < 1.29 is 52.8 Å². The SMILES string of the molecule is CCCCCCCCCCO[C@@H]1O[C@H](COP(=O)(OC)O[C@H]2C[C@H](n3ccc(C)nc3=O)O[C@@H]2CO)[C@@H](O)[C@H](O)[C@H]1O. The number of hydrogen-bond donors (Lipinski definition) is 4. The Bertz CT molecular complexity index is 1040. The minimum atomic E-state index is -4.30. The number of phosphoric ester groups is 1. The van der Waals surface area contributed by atoms with Crippen LogP contribution in [-0.4, -0.2) is 99.8 Å². The van der Waals surface area contributed by atoms with E-state index in [1.165, 1.54) is 36.4 Å². The molecule has 14 nitrogen and oxygen atoms in total. The van der Waals surface area contributed by atoms with Crippen LogP contribution in [0.1, 0.15) is 76.6 Å². The van der Waals surface area contributed by atoms with Crippen LogP contribution in [0.4, 0.5) is 0 Å².